The van der Waals surface area contributed by atoms with E-state index in [4.69, 9.17) is 4.98 Å². The Morgan fingerprint density at radius 3 is 1.89 bits per heavy atom. The van der Waals surface area contributed by atoms with Gasteiger partial charge in [0.15, 0.2) is 0 Å². The highest BCUT2D eigenvalue weighted by molar-refractivity contribution is 6.01. The van der Waals surface area contributed by atoms with Crippen LogP contribution in [0.2, 0.25) is 0 Å². The molecule has 2 aliphatic carbocycles. The predicted octanol–water partition coefficient (Wildman–Crippen LogP) is 7.50. The van der Waals surface area contributed by atoms with Crippen LogP contribution < -0.4 is 4.90 Å². The molecule has 0 unspecified atom stereocenters. The van der Waals surface area contributed by atoms with Crippen molar-refractivity contribution in [3.63, 3.8) is 0 Å². The molecule has 0 radical (unpaired) electrons. The molecule has 2 heteroatoms. The Morgan fingerprint density at radius 1 is 0.486 bits per heavy atom. The van der Waals surface area contributed by atoms with Gasteiger partial charge < -0.3 is 4.90 Å². The zero-order valence-corrected chi connectivity index (χ0v) is 19.3. The first-order valence-electron chi connectivity index (χ1n) is 12.6. The largest absolute Gasteiger partial charge is 0.309 e. The zero-order chi connectivity index (χ0) is 22.7. The maximum Gasteiger partial charge on any atom is 0.0578 e. The van der Waals surface area contributed by atoms with Crippen LogP contribution >= 0.6 is 0 Å². The standard InChI is InChI=1S/C33H22N2/c1-3-7-26-19(5-1)13-21-11-12-29-28(30(21)26)16-25-18-34-17-24-15-23-10-9-22-14-20-6-2-4-8-27(20)31(22)33(23)35(29)32(24)25/h1-12,17-18H,13-16H2. The van der Waals surface area contributed by atoms with Crippen LogP contribution in [0.1, 0.15) is 44.5 Å². The monoisotopic (exact) mass is 446 g/mol. The van der Waals surface area contributed by atoms with Crippen LogP contribution in [0.15, 0.2) is 85.2 Å². The number of hydrogen-bond donors (Lipinski definition) is 0. The summed E-state index contributed by atoms with van der Waals surface area (Å²) in [4.78, 5) is 7.31. The number of anilines is 3. The van der Waals surface area contributed by atoms with Gasteiger partial charge in [0.25, 0.3) is 0 Å². The lowest BCUT2D eigenvalue weighted by Gasteiger charge is -2.41. The van der Waals surface area contributed by atoms with E-state index < -0.39 is 0 Å². The van der Waals surface area contributed by atoms with Gasteiger partial charge in [0, 0.05) is 30.8 Å². The van der Waals surface area contributed by atoms with Crippen LogP contribution in [-0.4, -0.2) is 4.98 Å². The van der Waals surface area contributed by atoms with Crippen molar-refractivity contribution in [1.29, 1.82) is 0 Å². The Kier molecular flexibility index (Phi) is 3.27. The second kappa shape index (κ2) is 6.28. The van der Waals surface area contributed by atoms with Gasteiger partial charge in [-0.05, 0) is 80.1 Å². The number of benzene rings is 4. The fourth-order valence-corrected chi connectivity index (χ4v) is 7.17. The van der Waals surface area contributed by atoms with E-state index in [9.17, 15) is 0 Å². The average Bonchev–Trinajstić information content (AvgIpc) is 3.47. The maximum absolute atomic E-state index is 4.70. The molecule has 5 aromatic rings. The summed E-state index contributed by atoms with van der Waals surface area (Å²) in [5, 5.41) is 0. The van der Waals surface area contributed by atoms with Gasteiger partial charge in [0.1, 0.15) is 0 Å². The van der Waals surface area contributed by atoms with Gasteiger partial charge >= 0.3 is 0 Å². The topological polar surface area (TPSA) is 16.1 Å². The van der Waals surface area contributed by atoms with E-state index in [1.165, 1.54) is 83.8 Å². The number of rotatable bonds is 0. The third-order valence-electron chi connectivity index (χ3n) is 8.56. The summed E-state index contributed by atoms with van der Waals surface area (Å²) in [5.74, 6) is 0. The van der Waals surface area contributed by atoms with E-state index >= 15 is 0 Å². The third kappa shape index (κ3) is 2.23. The highest BCUT2D eigenvalue weighted by atomic mass is 15.2. The maximum atomic E-state index is 4.70. The molecular formula is C33H22N2. The molecule has 164 valence electrons. The fourth-order valence-electron chi connectivity index (χ4n) is 7.17. The number of fused-ring (bicyclic) bond motifs is 12. The number of pyridine rings is 1. The van der Waals surface area contributed by atoms with Crippen molar-refractivity contribution >= 4 is 17.1 Å². The van der Waals surface area contributed by atoms with Crippen molar-refractivity contribution in [3.8, 4) is 22.3 Å². The van der Waals surface area contributed by atoms with Crippen LogP contribution in [0.4, 0.5) is 17.1 Å². The Balaban J connectivity index is 1.38. The van der Waals surface area contributed by atoms with E-state index in [1.807, 2.05) is 0 Å². The fraction of sp³-hybridized carbons (Fsp3) is 0.121. The van der Waals surface area contributed by atoms with Crippen molar-refractivity contribution in [2.75, 3.05) is 4.90 Å². The van der Waals surface area contributed by atoms with Crippen molar-refractivity contribution in [2.24, 2.45) is 0 Å². The van der Waals surface area contributed by atoms with E-state index in [0.29, 0.717) is 0 Å². The zero-order valence-electron chi connectivity index (χ0n) is 19.3. The van der Waals surface area contributed by atoms with Gasteiger partial charge in [-0.1, -0.05) is 66.7 Å². The molecule has 0 saturated carbocycles. The highest BCUT2D eigenvalue weighted by Crippen LogP contribution is 2.57. The van der Waals surface area contributed by atoms with Gasteiger partial charge in [-0.15, -0.1) is 0 Å². The quantitative estimate of drug-likeness (QED) is 0.240. The minimum absolute atomic E-state index is 0.945. The first-order valence-corrected chi connectivity index (χ1v) is 12.6. The number of nitrogens with zero attached hydrogens (tertiary/aromatic N) is 2. The molecule has 9 rings (SSSR count). The number of hydrogen-bond acceptors (Lipinski definition) is 2. The van der Waals surface area contributed by atoms with Crippen LogP contribution in [0.25, 0.3) is 22.3 Å². The van der Waals surface area contributed by atoms with Gasteiger partial charge in [0.05, 0.1) is 17.1 Å². The molecule has 0 N–H and O–H groups in total. The second-order valence-electron chi connectivity index (χ2n) is 10.4. The predicted molar refractivity (Wildman–Crippen MR) is 141 cm³/mol. The molecule has 35 heavy (non-hydrogen) atoms. The third-order valence-corrected chi connectivity index (χ3v) is 8.56. The van der Waals surface area contributed by atoms with Gasteiger partial charge in [0.2, 0.25) is 0 Å². The van der Waals surface area contributed by atoms with E-state index in [-0.39, 0.29) is 0 Å². The smallest absolute Gasteiger partial charge is 0.0578 e. The summed E-state index contributed by atoms with van der Waals surface area (Å²) in [6.45, 7) is 0. The normalized spacial score (nSPS) is 14.9. The first-order chi connectivity index (χ1) is 17.3. The van der Waals surface area contributed by atoms with Crippen molar-refractivity contribution in [1.82, 2.24) is 4.98 Å². The summed E-state index contributed by atoms with van der Waals surface area (Å²) in [5.41, 5.74) is 21.1. The Bertz CT molecular complexity index is 1760. The highest BCUT2D eigenvalue weighted by Gasteiger charge is 2.38. The molecule has 4 aromatic carbocycles. The molecule has 1 aromatic heterocycles. The lowest BCUT2D eigenvalue weighted by molar-refractivity contribution is 0.985. The summed E-state index contributed by atoms with van der Waals surface area (Å²) in [6.07, 6.45) is 8.14. The van der Waals surface area contributed by atoms with Crippen molar-refractivity contribution in [2.45, 2.75) is 25.7 Å². The van der Waals surface area contributed by atoms with Gasteiger partial charge in [-0.25, -0.2) is 0 Å². The molecule has 2 nitrogen and oxygen atoms in total. The van der Waals surface area contributed by atoms with Crippen molar-refractivity contribution < 1.29 is 0 Å². The Hall–Kier alpha value is -4.17. The lowest BCUT2D eigenvalue weighted by Crippen LogP contribution is -2.26. The number of aromatic nitrogens is 1. The summed E-state index contributed by atoms with van der Waals surface area (Å²) >= 11 is 0. The molecular weight excluding hydrogens is 424 g/mol. The molecule has 0 amide bonds. The van der Waals surface area contributed by atoms with Crippen LogP contribution in [-0.2, 0) is 25.7 Å². The minimum Gasteiger partial charge on any atom is -0.309 e. The molecule has 2 aliphatic heterocycles. The lowest BCUT2D eigenvalue weighted by atomic mass is 9.83. The second-order valence-corrected chi connectivity index (χ2v) is 10.4. The molecule has 0 atom stereocenters. The molecule has 0 saturated heterocycles. The average molecular weight is 447 g/mol. The van der Waals surface area contributed by atoms with Crippen LogP contribution in [0.5, 0.6) is 0 Å². The van der Waals surface area contributed by atoms with Gasteiger partial charge in [-0.2, -0.15) is 0 Å². The van der Waals surface area contributed by atoms with Crippen LogP contribution in [0, 0.1) is 0 Å². The van der Waals surface area contributed by atoms with E-state index in [0.717, 1.165) is 25.7 Å². The molecule has 0 fully saturated rings. The summed E-state index contributed by atoms with van der Waals surface area (Å²) in [6, 6.07) is 27.4. The molecule has 3 heterocycles. The minimum atomic E-state index is 0.945. The molecule has 4 aliphatic rings. The summed E-state index contributed by atoms with van der Waals surface area (Å²) in [7, 11) is 0. The van der Waals surface area contributed by atoms with E-state index in [1.54, 1.807) is 0 Å². The van der Waals surface area contributed by atoms with Crippen LogP contribution in [0.3, 0.4) is 0 Å². The Labute approximate surface area is 204 Å². The molecule has 0 spiro atoms. The van der Waals surface area contributed by atoms with Gasteiger partial charge in [-0.3, -0.25) is 4.98 Å². The van der Waals surface area contributed by atoms with E-state index in [2.05, 4.69) is 90.1 Å². The summed E-state index contributed by atoms with van der Waals surface area (Å²) < 4.78 is 0. The molecule has 0 bridgehead atoms. The Morgan fingerprint density at radius 2 is 1.09 bits per heavy atom. The van der Waals surface area contributed by atoms with Crippen molar-refractivity contribution in [3.05, 3.63) is 130 Å². The first kappa shape index (κ1) is 18.2. The SMILES string of the molecule is c1ccc2c(c1)Cc1ccc3c(c1-2)Cc1cncc2c1N3c1c(ccc3c1-c1ccccc1C3)C2.